The van der Waals surface area contributed by atoms with Gasteiger partial charge < -0.3 is 10.8 Å². The van der Waals surface area contributed by atoms with Gasteiger partial charge >= 0.3 is 5.97 Å². The standard InChI is InChI=1S/C18H19NO3/c1-18(2,17(21)22)11-16(20)14-5-3-12(4-6-14)13-7-9-15(19)10-8-13/h3-10H,11,19H2,1-2H3,(H,21,22). The van der Waals surface area contributed by atoms with Crippen molar-refractivity contribution in [1.82, 2.24) is 0 Å². The van der Waals surface area contributed by atoms with Crippen molar-refractivity contribution in [3.63, 3.8) is 0 Å². The molecule has 0 aliphatic heterocycles. The third kappa shape index (κ3) is 3.52. The SMILES string of the molecule is CC(C)(CC(=O)c1ccc(-c2ccc(N)cc2)cc1)C(=O)O. The zero-order chi connectivity index (χ0) is 16.3. The third-order valence-electron chi connectivity index (χ3n) is 3.63. The zero-order valence-electron chi connectivity index (χ0n) is 12.7. The second-order valence-electron chi connectivity index (χ2n) is 5.99. The summed E-state index contributed by atoms with van der Waals surface area (Å²) in [5.41, 5.74) is 7.81. The summed E-state index contributed by atoms with van der Waals surface area (Å²) in [6.45, 7) is 3.10. The lowest BCUT2D eigenvalue weighted by molar-refractivity contribution is -0.146. The first-order chi connectivity index (χ1) is 10.3. The summed E-state index contributed by atoms with van der Waals surface area (Å²) in [5, 5.41) is 9.09. The van der Waals surface area contributed by atoms with E-state index in [1.165, 1.54) is 0 Å². The molecule has 0 aliphatic carbocycles. The number of nitrogen functional groups attached to an aromatic ring is 1. The van der Waals surface area contributed by atoms with Crippen molar-refractivity contribution >= 4 is 17.4 Å². The molecule has 2 aromatic carbocycles. The highest BCUT2D eigenvalue weighted by atomic mass is 16.4. The summed E-state index contributed by atoms with van der Waals surface area (Å²) >= 11 is 0. The maximum Gasteiger partial charge on any atom is 0.309 e. The smallest absolute Gasteiger partial charge is 0.309 e. The first-order valence-electron chi connectivity index (χ1n) is 7.02. The quantitative estimate of drug-likeness (QED) is 0.652. The van der Waals surface area contributed by atoms with Gasteiger partial charge in [-0.15, -0.1) is 0 Å². The number of hydrogen-bond acceptors (Lipinski definition) is 3. The number of Topliss-reactive ketones (excluding diaryl/α,β-unsaturated/α-hetero) is 1. The number of aliphatic carboxylic acids is 1. The van der Waals surface area contributed by atoms with Crippen LogP contribution in [0.25, 0.3) is 11.1 Å². The first-order valence-corrected chi connectivity index (χ1v) is 7.02. The lowest BCUT2D eigenvalue weighted by atomic mass is 9.85. The Morgan fingerprint density at radius 1 is 0.955 bits per heavy atom. The van der Waals surface area contributed by atoms with E-state index < -0.39 is 11.4 Å². The molecule has 22 heavy (non-hydrogen) atoms. The molecule has 2 aromatic rings. The molecule has 0 fully saturated rings. The van der Waals surface area contributed by atoms with Crippen molar-refractivity contribution in [2.45, 2.75) is 20.3 Å². The van der Waals surface area contributed by atoms with Gasteiger partial charge in [0.25, 0.3) is 0 Å². The van der Waals surface area contributed by atoms with E-state index >= 15 is 0 Å². The number of carboxylic acids is 1. The molecule has 0 spiro atoms. The molecule has 0 aromatic heterocycles. The molecule has 0 bridgehead atoms. The van der Waals surface area contributed by atoms with Crippen LogP contribution in [0.4, 0.5) is 5.69 Å². The summed E-state index contributed by atoms with van der Waals surface area (Å²) in [6.07, 6.45) is -0.0243. The maximum absolute atomic E-state index is 12.2. The average molecular weight is 297 g/mol. The van der Waals surface area contributed by atoms with E-state index in [9.17, 15) is 9.59 Å². The Balaban J connectivity index is 2.16. The van der Waals surface area contributed by atoms with E-state index in [-0.39, 0.29) is 12.2 Å². The molecule has 4 nitrogen and oxygen atoms in total. The van der Waals surface area contributed by atoms with Gasteiger partial charge in [-0.3, -0.25) is 9.59 Å². The van der Waals surface area contributed by atoms with Gasteiger partial charge in [-0.2, -0.15) is 0 Å². The molecule has 3 N–H and O–H groups in total. The number of carbonyl (C=O) groups excluding carboxylic acids is 1. The molecular formula is C18H19NO3. The van der Waals surface area contributed by atoms with Crippen LogP contribution in [0.15, 0.2) is 48.5 Å². The van der Waals surface area contributed by atoms with Crippen LogP contribution in [0.3, 0.4) is 0 Å². The van der Waals surface area contributed by atoms with Gasteiger partial charge in [0.05, 0.1) is 5.41 Å². The Kier molecular flexibility index (Phi) is 4.31. The fourth-order valence-electron chi connectivity index (χ4n) is 2.10. The number of nitrogens with two attached hydrogens (primary N) is 1. The van der Waals surface area contributed by atoms with Crippen molar-refractivity contribution in [2.75, 3.05) is 5.73 Å². The fourth-order valence-corrected chi connectivity index (χ4v) is 2.10. The van der Waals surface area contributed by atoms with E-state index in [1.54, 1.807) is 26.0 Å². The Hall–Kier alpha value is -2.62. The molecule has 4 heteroatoms. The molecule has 0 saturated heterocycles. The Morgan fingerprint density at radius 2 is 1.41 bits per heavy atom. The van der Waals surface area contributed by atoms with Crippen LogP contribution < -0.4 is 5.73 Å². The Labute approximate surface area is 129 Å². The van der Waals surface area contributed by atoms with Gasteiger partial charge in [-0.1, -0.05) is 36.4 Å². The molecule has 114 valence electrons. The van der Waals surface area contributed by atoms with E-state index in [0.717, 1.165) is 11.1 Å². The molecule has 2 rings (SSSR count). The lowest BCUT2D eigenvalue weighted by Crippen LogP contribution is -2.26. The van der Waals surface area contributed by atoms with Crippen molar-refractivity contribution < 1.29 is 14.7 Å². The van der Waals surface area contributed by atoms with Crippen LogP contribution in [-0.4, -0.2) is 16.9 Å². The van der Waals surface area contributed by atoms with Gasteiger partial charge in [0.15, 0.2) is 5.78 Å². The average Bonchev–Trinajstić information content (AvgIpc) is 2.47. The highest BCUT2D eigenvalue weighted by Gasteiger charge is 2.30. The summed E-state index contributed by atoms with van der Waals surface area (Å²) in [5.74, 6) is -1.14. The van der Waals surface area contributed by atoms with Crippen molar-refractivity contribution in [3.8, 4) is 11.1 Å². The summed E-state index contributed by atoms with van der Waals surface area (Å²) in [7, 11) is 0. The van der Waals surface area contributed by atoms with Crippen LogP contribution in [0.5, 0.6) is 0 Å². The highest BCUT2D eigenvalue weighted by molar-refractivity contribution is 5.99. The molecule has 0 atom stereocenters. The molecular weight excluding hydrogens is 278 g/mol. The maximum atomic E-state index is 12.2. The number of anilines is 1. The number of benzene rings is 2. The number of ketones is 1. The number of hydrogen-bond donors (Lipinski definition) is 2. The van der Waals surface area contributed by atoms with Gasteiger partial charge in [-0.25, -0.2) is 0 Å². The van der Waals surface area contributed by atoms with Crippen molar-refractivity contribution in [2.24, 2.45) is 5.41 Å². The van der Waals surface area contributed by atoms with E-state index in [0.29, 0.717) is 11.3 Å². The second kappa shape index (κ2) is 6.02. The number of carbonyl (C=O) groups is 2. The largest absolute Gasteiger partial charge is 0.481 e. The van der Waals surface area contributed by atoms with Crippen LogP contribution >= 0.6 is 0 Å². The Bertz CT molecular complexity index is 685. The molecule has 0 saturated carbocycles. The third-order valence-corrected chi connectivity index (χ3v) is 3.63. The molecule has 0 heterocycles. The number of carboxylic acid groups (broad SMARTS) is 1. The van der Waals surface area contributed by atoms with Gasteiger partial charge in [0.2, 0.25) is 0 Å². The van der Waals surface area contributed by atoms with E-state index in [4.69, 9.17) is 10.8 Å². The van der Waals surface area contributed by atoms with Crippen LogP contribution in [0.1, 0.15) is 30.6 Å². The van der Waals surface area contributed by atoms with Gasteiger partial charge in [-0.05, 0) is 37.1 Å². The zero-order valence-corrected chi connectivity index (χ0v) is 12.7. The monoisotopic (exact) mass is 297 g/mol. The molecule has 0 aliphatic rings. The lowest BCUT2D eigenvalue weighted by Gasteiger charge is -2.17. The fraction of sp³-hybridized carbons (Fsp3) is 0.222. The van der Waals surface area contributed by atoms with Crippen LogP contribution in [-0.2, 0) is 4.79 Å². The summed E-state index contributed by atoms with van der Waals surface area (Å²) in [4.78, 5) is 23.3. The Morgan fingerprint density at radius 3 is 1.86 bits per heavy atom. The topological polar surface area (TPSA) is 80.4 Å². The molecule has 0 amide bonds. The van der Waals surface area contributed by atoms with E-state index in [1.807, 2.05) is 36.4 Å². The van der Waals surface area contributed by atoms with Crippen LogP contribution in [0, 0.1) is 5.41 Å². The predicted octanol–water partition coefficient (Wildman–Crippen LogP) is 3.62. The van der Waals surface area contributed by atoms with Gasteiger partial charge in [0.1, 0.15) is 0 Å². The predicted molar refractivity (Wildman–Crippen MR) is 86.7 cm³/mol. The van der Waals surface area contributed by atoms with Crippen molar-refractivity contribution in [3.05, 3.63) is 54.1 Å². The summed E-state index contributed by atoms with van der Waals surface area (Å²) in [6, 6.07) is 14.6. The minimum absolute atomic E-state index is 0.0243. The number of rotatable bonds is 5. The van der Waals surface area contributed by atoms with Crippen molar-refractivity contribution in [1.29, 1.82) is 0 Å². The highest BCUT2D eigenvalue weighted by Crippen LogP contribution is 2.25. The van der Waals surface area contributed by atoms with Gasteiger partial charge in [0, 0.05) is 17.7 Å². The first kappa shape index (κ1) is 15.8. The van der Waals surface area contributed by atoms with E-state index in [2.05, 4.69) is 0 Å². The minimum atomic E-state index is -1.06. The summed E-state index contributed by atoms with van der Waals surface area (Å²) < 4.78 is 0. The van der Waals surface area contributed by atoms with Crippen LogP contribution in [0.2, 0.25) is 0 Å². The minimum Gasteiger partial charge on any atom is -0.481 e. The second-order valence-corrected chi connectivity index (χ2v) is 5.99. The normalized spacial score (nSPS) is 11.2. The molecule has 0 unspecified atom stereocenters. The molecule has 0 radical (unpaired) electrons.